The molecule has 2 aromatic rings. The number of hydrogen-bond acceptors (Lipinski definition) is 5. The Morgan fingerprint density at radius 1 is 0.696 bits per heavy atom. The number of likely N-dealkylation sites (tertiary alicyclic amines) is 2. The predicted octanol–water partition coefficient (Wildman–Crippen LogP) is 7.85. The SMILES string of the molecule is CC(C)(C)OC(=O)N1CCCC(C(Cc2ccccc2F)C(=O)C(Cc2ccccc2F)C2CCCN(C(=O)OC(C)(C)C)C2)C1. The van der Waals surface area contributed by atoms with Gasteiger partial charge < -0.3 is 19.3 Å². The molecule has 4 unspecified atom stereocenters. The number of carbonyl (C=O) groups excluding carboxylic acids is 3. The number of benzene rings is 2. The molecule has 4 rings (SSSR count). The van der Waals surface area contributed by atoms with Gasteiger partial charge in [-0.3, -0.25) is 4.79 Å². The standard InChI is InChI=1S/C37H50F2N2O5/c1-36(2,3)45-34(43)40-19-11-15-27(23-40)29(21-25-13-7-9-17-31(25)38)33(42)30(22-26-14-8-10-18-32(26)39)28-16-12-20-41(24-28)35(44)46-37(4,5)6/h7-10,13-14,17-18,27-30H,11-12,15-16,19-24H2,1-6H3. The monoisotopic (exact) mass is 640 g/mol. The Labute approximate surface area is 272 Å². The van der Waals surface area contributed by atoms with Gasteiger partial charge in [0.2, 0.25) is 0 Å². The van der Waals surface area contributed by atoms with Crippen LogP contribution in [0.3, 0.4) is 0 Å². The molecule has 0 radical (unpaired) electrons. The Bertz CT molecular complexity index is 1270. The van der Waals surface area contributed by atoms with Gasteiger partial charge in [-0.1, -0.05) is 36.4 Å². The summed E-state index contributed by atoms with van der Waals surface area (Å²) in [4.78, 5) is 44.5. The molecule has 2 aromatic carbocycles. The van der Waals surface area contributed by atoms with E-state index in [1.54, 1.807) is 46.2 Å². The van der Waals surface area contributed by atoms with Crippen LogP contribution in [0.5, 0.6) is 0 Å². The molecular weight excluding hydrogens is 590 g/mol. The lowest BCUT2D eigenvalue weighted by molar-refractivity contribution is -0.132. The van der Waals surface area contributed by atoms with Crippen molar-refractivity contribution in [3.8, 4) is 0 Å². The first-order chi connectivity index (χ1) is 21.6. The molecule has 2 aliphatic rings. The van der Waals surface area contributed by atoms with Crippen LogP contribution >= 0.6 is 0 Å². The fraction of sp³-hybridized carbons (Fsp3) is 0.595. The van der Waals surface area contributed by atoms with Crippen LogP contribution in [0.1, 0.15) is 78.4 Å². The van der Waals surface area contributed by atoms with Crippen LogP contribution in [0.25, 0.3) is 0 Å². The van der Waals surface area contributed by atoms with Crippen molar-refractivity contribution in [2.24, 2.45) is 23.7 Å². The van der Waals surface area contributed by atoms with Gasteiger partial charge in [-0.15, -0.1) is 0 Å². The molecule has 0 aliphatic carbocycles. The first-order valence-electron chi connectivity index (χ1n) is 16.6. The Morgan fingerprint density at radius 2 is 1.07 bits per heavy atom. The van der Waals surface area contributed by atoms with Crippen molar-refractivity contribution in [2.45, 2.75) is 91.3 Å². The number of nitrogens with zero attached hydrogens (tertiary/aromatic N) is 2. The maximum Gasteiger partial charge on any atom is 0.410 e. The molecule has 0 saturated carbocycles. The first kappa shape index (κ1) is 35.4. The largest absolute Gasteiger partial charge is 0.444 e. The van der Waals surface area contributed by atoms with E-state index in [0.29, 0.717) is 63.0 Å². The minimum Gasteiger partial charge on any atom is -0.444 e. The van der Waals surface area contributed by atoms with Crippen molar-refractivity contribution in [1.82, 2.24) is 9.80 Å². The van der Waals surface area contributed by atoms with E-state index < -0.39 is 35.2 Å². The number of piperidine rings is 2. The number of hydrogen-bond donors (Lipinski definition) is 0. The zero-order valence-corrected chi connectivity index (χ0v) is 28.2. The van der Waals surface area contributed by atoms with Crippen molar-refractivity contribution in [3.05, 3.63) is 71.3 Å². The van der Waals surface area contributed by atoms with Gasteiger partial charge in [-0.05, 0) is 115 Å². The van der Waals surface area contributed by atoms with Crippen molar-refractivity contribution < 1.29 is 32.6 Å². The van der Waals surface area contributed by atoms with E-state index in [2.05, 4.69) is 0 Å². The van der Waals surface area contributed by atoms with Gasteiger partial charge in [0.15, 0.2) is 0 Å². The quantitative estimate of drug-likeness (QED) is 0.294. The second kappa shape index (κ2) is 14.9. The van der Waals surface area contributed by atoms with Crippen LogP contribution < -0.4 is 0 Å². The number of amides is 2. The van der Waals surface area contributed by atoms with Crippen molar-refractivity contribution >= 4 is 18.0 Å². The number of ether oxygens (including phenoxy) is 2. The molecule has 2 aliphatic heterocycles. The maximum absolute atomic E-state index is 15.1. The molecule has 0 bridgehead atoms. The summed E-state index contributed by atoms with van der Waals surface area (Å²) in [6, 6.07) is 12.9. The number of ketones is 1. The molecule has 2 saturated heterocycles. The van der Waals surface area contributed by atoms with Crippen LogP contribution in [0, 0.1) is 35.3 Å². The van der Waals surface area contributed by atoms with E-state index in [9.17, 15) is 14.4 Å². The lowest BCUT2D eigenvalue weighted by Crippen LogP contribution is -2.49. The van der Waals surface area contributed by atoms with Gasteiger partial charge in [0.05, 0.1) is 0 Å². The molecule has 2 heterocycles. The highest BCUT2D eigenvalue weighted by Gasteiger charge is 2.42. The summed E-state index contributed by atoms with van der Waals surface area (Å²) >= 11 is 0. The molecule has 2 fully saturated rings. The second-order valence-corrected chi connectivity index (χ2v) is 14.9. The van der Waals surface area contributed by atoms with Crippen LogP contribution in [0.15, 0.2) is 48.5 Å². The number of carbonyl (C=O) groups is 3. The summed E-state index contributed by atoms with van der Waals surface area (Å²) in [7, 11) is 0. The second-order valence-electron chi connectivity index (χ2n) is 14.9. The normalized spacial score (nSPS) is 20.5. The van der Waals surface area contributed by atoms with E-state index >= 15 is 8.78 Å². The third kappa shape index (κ3) is 9.76. The lowest BCUT2D eigenvalue weighted by atomic mass is 9.70. The highest BCUT2D eigenvalue weighted by molar-refractivity contribution is 5.85. The summed E-state index contributed by atoms with van der Waals surface area (Å²) in [5.74, 6) is -2.62. The molecule has 0 spiro atoms. The minimum absolute atomic E-state index is 0.0846. The van der Waals surface area contributed by atoms with Crippen LogP contribution in [-0.4, -0.2) is 65.2 Å². The molecule has 0 N–H and O–H groups in total. The van der Waals surface area contributed by atoms with E-state index in [0.717, 1.165) is 0 Å². The zero-order chi connectivity index (χ0) is 33.6. The highest BCUT2D eigenvalue weighted by Crippen LogP contribution is 2.37. The van der Waals surface area contributed by atoms with Crippen LogP contribution in [-0.2, 0) is 27.1 Å². The molecule has 9 heteroatoms. The van der Waals surface area contributed by atoms with Crippen LogP contribution in [0.4, 0.5) is 18.4 Å². The number of rotatable bonds is 8. The van der Waals surface area contributed by atoms with Gasteiger partial charge in [0.1, 0.15) is 28.6 Å². The Balaban J connectivity index is 1.69. The fourth-order valence-electron chi connectivity index (χ4n) is 6.74. The third-order valence-electron chi connectivity index (χ3n) is 8.88. The molecule has 252 valence electrons. The molecule has 2 amide bonds. The molecule has 7 nitrogen and oxygen atoms in total. The third-order valence-corrected chi connectivity index (χ3v) is 8.88. The van der Waals surface area contributed by atoms with Gasteiger partial charge >= 0.3 is 12.2 Å². The highest BCUT2D eigenvalue weighted by atomic mass is 19.1. The first-order valence-corrected chi connectivity index (χ1v) is 16.6. The van der Waals surface area contributed by atoms with E-state index in [-0.39, 0.29) is 42.1 Å². The maximum atomic E-state index is 15.1. The van der Waals surface area contributed by atoms with Gasteiger partial charge in [-0.2, -0.15) is 0 Å². The van der Waals surface area contributed by atoms with Crippen molar-refractivity contribution in [2.75, 3.05) is 26.2 Å². The number of Topliss-reactive ketones (excluding diaryl/α,β-unsaturated/α-hetero) is 1. The predicted molar refractivity (Wildman–Crippen MR) is 173 cm³/mol. The Hall–Kier alpha value is -3.49. The van der Waals surface area contributed by atoms with Gasteiger partial charge in [0, 0.05) is 38.0 Å². The summed E-state index contributed by atoms with van der Waals surface area (Å²) in [6.07, 6.45) is 2.19. The lowest BCUT2D eigenvalue weighted by Gasteiger charge is -2.41. The zero-order valence-electron chi connectivity index (χ0n) is 28.2. The van der Waals surface area contributed by atoms with E-state index in [4.69, 9.17) is 9.47 Å². The van der Waals surface area contributed by atoms with Gasteiger partial charge in [-0.25, -0.2) is 18.4 Å². The Kier molecular flexibility index (Phi) is 11.5. The topological polar surface area (TPSA) is 76.2 Å². The van der Waals surface area contributed by atoms with Crippen molar-refractivity contribution in [3.63, 3.8) is 0 Å². The smallest absolute Gasteiger partial charge is 0.410 e. The summed E-state index contributed by atoms with van der Waals surface area (Å²) in [5, 5.41) is 0. The van der Waals surface area contributed by atoms with E-state index in [1.807, 2.05) is 41.5 Å². The fourth-order valence-corrected chi connectivity index (χ4v) is 6.74. The summed E-state index contributed by atoms with van der Waals surface area (Å²) in [5.41, 5.74) is -0.478. The molecular formula is C37H50F2N2O5. The average molecular weight is 641 g/mol. The summed E-state index contributed by atoms with van der Waals surface area (Å²) in [6.45, 7) is 12.5. The number of halogens is 2. The molecule has 4 atom stereocenters. The van der Waals surface area contributed by atoms with Gasteiger partial charge in [0.25, 0.3) is 0 Å². The average Bonchev–Trinajstić information content (AvgIpc) is 2.98. The molecule has 0 aromatic heterocycles. The van der Waals surface area contributed by atoms with Crippen LogP contribution in [0.2, 0.25) is 0 Å². The van der Waals surface area contributed by atoms with E-state index in [1.165, 1.54) is 12.1 Å². The molecule has 46 heavy (non-hydrogen) atoms. The summed E-state index contributed by atoms with van der Waals surface area (Å²) < 4.78 is 41.5. The minimum atomic E-state index is -0.668. The Morgan fingerprint density at radius 3 is 1.41 bits per heavy atom. The van der Waals surface area contributed by atoms with Crippen molar-refractivity contribution in [1.29, 1.82) is 0 Å².